The van der Waals surface area contributed by atoms with Crippen molar-refractivity contribution in [3.05, 3.63) is 35.4 Å². The van der Waals surface area contributed by atoms with Crippen LogP contribution >= 0.6 is 12.4 Å². The van der Waals surface area contributed by atoms with Crippen molar-refractivity contribution in [1.82, 2.24) is 10.2 Å². The van der Waals surface area contributed by atoms with Gasteiger partial charge >= 0.3 is 0 Å². The number of rotatable bonds is 4. The Balaban J connectivity index is 0.00000176. The van der Waals surface area contributed by atoms with Gasteiger partial charge in [0.25, 0.3) is 5.91 Å². The average molecular weight is 333 g/mol. The number of nitrogens with zero attached hydrogens (tertiary/aromatic N) is 1. The molecule has 2 aliphatic rings. The number of hydrogen-bond donors (Lipinski definition) is 1. The van der Waals surface area contributed by atoms with Gasteiger partial charge in [-0.3, -0.25) is 4.79 Å². The SMILES string of the molecule is Cl.O=C(C1CNCCO1)N(Cc1ccc(F)cc1F)C1CC1. The summed E-state index contributed by atoms with van der Waals surface area (Å²) in [6, 6.07) is 3.61. The molecule has 1 saturated carbocycles. The van der Waals surface area contributed by atoms with Crippen LogP contribution in [0.1, 0.15) is 18.4 Å². The van der Waals surface area contributed by atoms with Gasteiger partial charge in [0, 0.05) is 37.3 Å². The first-order valence-corrected chi connectivity index (χ1v) is 7.22. The molecule has 1 aliphatic heterocycles. The van der Waals surface area contributed by atoms with Gasteiger partial charge in [0.15, 0.2) is 0 Å². The van der Waals surface area contributed by atoms with E-state index < -0.39 is 17.7 Å². The van der Waals surface area contributed by atoms with Gasteiger partial charge in [-0.15, -0.1) is 12.4 Å². The van der Waals surface area contributed by atoms with Crippen molar-refractivity contribution in [1.29, 1.82) is 0 Å². The van der Waals surface area contributed by atoms with Gasteiger partial charge in [0.1, 0.15) is 17.7 Å². The van der Waals surface area contributed by atoms with Crippen LogP contribution in [0.2, 0.25) is 0 Å². The smallest absolute Gasteiger partial charge is 0.253 e. The normalized spacial score (nSPS) is 21.1. The highest BCUT2D eigenvalue weighted by atomic mass is 35.5. The number of carbonyl (C=O) groups excluding carboxylic acids is 1. The summed E-state index contributed by atoms with van der Waals surface area (Å²) in [6.45, 7) is 1.88. The van der Waals surface area contributed by atoms with Crippen LogP contribution in [0.3, 0.4) is 0 Å². The van der Waals surface area contributed by atoms with Gasteiger partial charge in [-0.25, -0.2) is 8.78 Å². The number of benzene rings is 1. The van der Waals surface area contributed by atoms with Gasteiger partial charge < -0.3 is 15.0 Å². The lowest BCUT2D eigenvalue weighted by molar-refractivity contribution is -0.146. The monoisotopic (exact) mass is 332 g/mol. The summed E-state index contributed by atoms with van der Waals surface area (Å²) >= 11 is 0. The van der Waals surface area contributed by atoms with Crippen LogP contribution in [-0.2, 0) is 16.1 Å². The summed E-state index contributed by atoms with van der Waals surface area (Å²) in [4.78, 5) is 14.2. The van der Waals surface area contributed by atoms with Crippen LogP contribution in [-0.4, -0.2) is 42.6 Å². The molecule has 122 valence electrons. The lowest BCUT2D eigenvalue weighted by Gasteiger charge is -2.30. The zero-order valence-corrected chi connectivity index (χ0v) is 12.9. The topological polar surface area (TPSA) is 41.6 Å². The first-order valence-electron chi connectivity index (χ1n) is 7.22. The molecule has 2 fully saturated rings. The van der Waals surface area contributed by atoms with E-state index in [1.807, 2.05) is 0 Å². The summed E-state index contributed by atoms with van der Waals surface area (Å²) in [5, 5.41) is 3.12. The number of carbonyl (C=O) groups is 1. The van der Waals surface area contributed by atoms with Crippen molar-refractivity contribution in [3.8, 4) is 0 Å². The van der Waals surface area contributed by atoms with Gasteiger partial charge in [-0.2, -0.15) is 0 Å². The van der Waals surface area contributed by atoms with E-state index in [9.17, 15) is 13.6 Å². The molecule has 22 heavy (non-hydrogen) atoms. The Morgan fingerprint density at radius 3 is 2.73 bits per heavy atom. The van der Waals surface area contributed by atoms with Crippen LogP contribution in [0.5, 0.6) is 0 Å². The van der Waals surface area contributed by atoms with E-state index in [4.69, 9.17) is 4.74 Å². The fourth-order valence-corrected chi connectivity index (χ4v) is 2.52. The molecular formula is C15H19ClF2N2O2. The zero-order chi connectivity index (χ0) is 14.8. The summed E-state index contributed by atoms with van der Waals surface area (Å²) < 4.78 is 32.2. The van der Waals surface area contributed by atoms with Crippen molar-refractivity contribution in [2.75, 3.05) is 19.7 Å². The maximum Gasteiger partial charge on any atom is 0.253 e. The highest BCUT2D eigenvalue weighted by molar-refractivity contribution is 5.85. The molecule has 0 aromatic heterocycles. The van der Waals surface area contributed by atoms with Gasteiger partial charge in [-0.05, 0) is 18.9 Å². The number of hydrogen-bond acceptors (Lipinski definition) is 3. The van der Waals surface area contributed by atoms with E-state index in [0.29, 0.717) is 18.7 Å². The molecule has 3 rings (SSSR count). The van der Waals surface area contributed by atoms with Crippen LogP contribution in [0.4, 0.5) is 8.78 Å². The van der Waals surface area contributed by atoms with E-state index >= 15 is 0 Å². The first-order chi connectivity index (χ1) is 10.1. The lowest BCUT2D eigenvalue weighted by atomic mass is 10.1. The third kappa shape index (κ3) is 3.94. The van der Waals surface area contributed by atoms with E-state index in [2.05, 4.69) is 5.32 Å². The number of morpholine rings is 1. The van der Waals surface area contributed by atoms with Gasteiger partial charge in [-0.1, -0.05) is 6.07 Å². The second-order valence-corrected chi connectivity index (χ2v) is 5.50. The van der Waals surface area contributed by atoms with Crippen LogP contribution in [0.25, 0.3) is 0 Å². The largest absolute Gasteiger partial charge is 0.366 e. The minimum absolute atomic E-state index is 0. The molecule has 1 heterocycles. The fourth-order valence-electron chi connectivity index (χ4n) is 2.52. The summed E-state index contributed by atoms with van der Waals surface area (Å²) in [6.07, 6.45) is 1.34. The first kappa shape index (κ1) is 17.1. The Morgan fingerprint density at radius 1 is 1.36 bits per heavy atom. The Labute approximate surface area is 134 Å². The highest BCUT2D eigenvalue weighted by Gasteiger charge is 2.37. The predicted molar refractivity (Wildman–Crippen MR) is 79.8 cm³/mol. The molecule has 0 spiro atoms. The number of ether oxygens (including phenoxy) is 1. The molecule has 1 saturated heterocycles. The molecule has 4 nitrogen and oxygen atoms in total. The van der Waals surface area contributed by atoms with Crippen molar-refractivity contribution in [2.45, 2.75) is 31.5 Å². The Bertz CT molecular complexity index is 534. The molecule has 1 N–H and O–H groups in total. The fraction of sp³-hybridized carbons (Fsp3) is 0.533. The van der Waals surface area contributed by atoms with Crippen LogP contribution in [0.15, 0.2) is 18.2 Å². The van der Waals surface area contributed by atoms with E-state index in [1.54, 1.807) is 4.90 Å². The summed E-state index contributed by atoms with van der Waals surface area (Å²) in [5.74, 6) is -1.34. The Morgan fingerprint density at radius 2 is 2.14 bits per heavy atom. The number of halogens is 3. The predicted octanol–water partition coefficient (Wildman–Crippen LogP) is 1.87. The van der Waals surface area contributed by atoms with Crippen LogP contribution < -0.4 is 5.32 Å². The molecule has 7 heteroatoms. The summed E-state index contributed by atoms with van der Waals surface area (Å²) in [7, 11) is 0. The average Bonchev–Trinajstić information content (AvgIpc) is 3.31. The highest BCUT2D eigenvalue weighted by Crippen LogP contribution is 2.30. The second-order valence-electron chi connectivity index (χ2n) is 5.50. The van der Waals surface area contributed by atoms with Crippen molar-refractivity contribution in [3.63, 3.8) is 0 Å². The third-order valence-corrected chi connectivity index (χ3v) is 3.83. The second kappa shape index (κ2) is 7.35. The third-order valence-electron chi connectivity index (χ3n) is 3.83. The van der Waals surface area contributed by atoms with Crippen molar-refractivity contribution < 1.29 is 18.3 Å². The Kier molecular flexibility index (Phi) is 5.72. The molecule has 0 bridgehead atoms. The zero-order valence-electron chi connectivity index (χ0n) is 12.1. The molecule has 0 radical (unpaired) electrons. The molecule has 1 amide bonds. The molecule has 1 aromatic rings. The van der Waals surface area contributed by atoms with Gasteiger partial charge in [0.05, 0.1) is 6.61 Å². The maximum atomic E-state index is 13.8. The minimum Gasteiger partial charge on any atom is -0.366 e. The molecular weight excluding hydrogens is 314 g/mol. The molecule has 1 unspecified atom stereocenters. The standard InChI is InChI=1S/C15H18F2N2O2.ClH/c16-11-2-1-10(13(17)7-11)9-19(12-3-4-12)15(20)14-8-18-5-6-21-14;/h1-2,7,12,14,18H,3-6,8-9H2;1H. The molecule has 1 aromatic carbocycles. The van der Waals surface area contributed by atoms with E-state index in [0.717, 1.165) is 25.5 Å². The molecule has 1 atom stereocenters. The van der Waals surface area contributed by atoms with Crippen molar-refractivity contribution >= 4 is 18.3 Å². The Hall–Kier alpha value is -1.24. The van der Waals surface area contributed by atoms with Crippen LogP contribution in [0, 0.1) is 11.6 Å². The lowest BCUT2D eigenvalue weighted by Crippen LogP contribution is -2.49. The van der Waals surface area contributed by atoms with Gasteiger partial charge in [0.2, 0.25) is 0 Å². The number of amides is 1. The van der Waals surface area contributed by atoms with E-state index in [-0.39, 0.29) is 30.9 Å². The number of nitrogens with one attached hydrogen (secondary N) is 1. The molecule has 1 aliphatic carbocycles. The summed E-state index contributed by atoms with van der Waals surface area (Å²) in [5.41, 5.74) is 0.334. The quantitative estimate of drug-likeness (QED) is 0.915. The maximum absolute atomic E-state index is 13.8. The van der Waals surface area contributed by atoms with E-state index in [1.165, 1.54) is 12.1 Å². The van der Waals surface area contributed by atoms with Crippen molar-refractivity contribution in [2.24, 2.45) is 0 Å². The minimum atomic E-state index is -0.615.